The number of aryl methyl sites for hydroxylation is 1. The van der Waals surface area contributed by atoms with E-state index in [2.05, 4.69) is 35.6 Å². The molecule has 33 heavy (non-hydrogen) atoms. The molecule has 176 valence electrons. The van der Waals surface area contributed by atoms with E-state index >= 15 is 0 Å². The Labute approximate surface area is 203 Å². The van der Waals surface area contributed by atoms with Crippen molar-refractivity contribution in [3.8, 4) is 0 Å². The van der Waals surface area contributed by atoms with E-state index < -0.39 is 28.9 Å². The van der Waals surface area contributed by atoms with E-state index in [1.165, 1.54) is 47.3 Å². The molecule has 14 nitrogen and oxygen atoms in total. The van der Waals surface area contributed by atoms with Crippen LogP contribution in [0.1, 0.15) is 5.82 Å². The number of amides is 2. The zero-order valence-electron chi connectivity index (χ0n) is 17.2. The van der Waals surface area contributed by atoms with E-state index in [4.69, 9.17) is 4.74 Å². The van der Waals surface area contributed by atoms with Crippen LogP contribution in [0, 0.1) is 6.92 Å². The van der Waals surface area contributed by atoms with E-state index in [0.717, 1.165) is 11.5 Å². The van der Waals surface area contributed by atoms with E-state index in [1.807, 2.05) is 0 Å². The third-order valence-electron chi connectivity index (χ3n) is 4.77. The molecule has 2 aliphatic heterocycles. The number of thioether (sulfide) groups is 3. The number of nitrogens with one attached hydrogen (secondary N) is 1. The van der Waals surface area contributed by atoms with E-state index in [-0.39, 0.29) is 11.4 Å². The second kappa shape index (κ2) is 9.92. The Bertz CT molecular complexity index is 1090. The molecule has 1 saturated heterocycles. The zero-order valence-corrected chi connectivity index (χ0v) is 20.5. The number of β-lactam (4-membered cyclic amide) rings is 1. The highest BCUT2D eigenvalue weighted by Gasteiger charge is 2.66. The smallest absolute Gasteiger partial charge is 0.352 e. The predicted octanol–water partition coefficient (Wildman–Crippen LogP) is -0.576. The summed E-state index contributed by atoms with van der Waals surface area (Å²) >= 11 is 4.99. The lowest BCUT2D eigenvalue weighted by Crippen LogP contribution is -2.80. The summed E-state index contributed by atoms with van der Waals surface area (Å²) in [5.41, 5.74) is -1.16. The topological polar surface area (TPSA) is 178 Å². The van der Waals surface area contributed by atoms with Crippen LogP contribution < -0.4 is 5.32 Å². The van der Waals surface area contributed by atoms with Gasteiger partial charge in [0.2, 0.25) is 5.91 Å². The number of ether oxygens (including phenoxy) is 1. The maximum atomic E-state index is 13.1. The van der Waals surface area contributed by atoms with Crippen LogP contribution in [-0.4, -0.2) is 98.3 Å². The number of methoxy groups -OCH3 is 1. The van der Waals surface area contributed by atoms with Gasteiger partial charge in [0.1, 0.15) is 16.9 Å². The minimum absolute atomic E-state index is 0.0362. The third kappa shape index (κ3) is 4.57. The molecule has 2 amide bonds. The average Bonchev–Trinajstić information content (AvgIpc) is 3.47. The third-order valence-corrected chi connectivity index (χ3v) is 8.83. The fraction of sp³-hybridized carbons (Fsp3) is 0.533. The molecule has 2 aromatic rings. The Kier molecular flexibility index (Phi) is 7.17. The summed E-state index contributed by atoms with van der Waals surface area (Å²) in [5, 5.41) is 30.2. The molecule has 2 unspecified atom stereocenters. The predicted molar refractivity (Wildman–Crippen MR) is 119 cm³/mol. The van der Waals surface area contributed by atoms with Gasteiger partial charge in [0.05, 0.1) is 11.6 Å². The van der Waals surface area contributed by atoms with Gasteiger partial charge in [0, 0.05) is 30.1 Å². The van der Waals surface area contributed by atoms with Crippen LogP contribution in [0.5, 0.6) is 0 Å². The zero-order chi connectivity index (χ0) is 23.6. The number of carbonyl (C=O) groups excluding carboxylic acids is 2. The number of fused-ring (bicyclic) bond motifs is 1. The highest BCUT2D eigenvalue weighted by atomic mass is 32.2. The molecule has 1 fully saturated rings. The summed E-state index contributed by atoms with van der Waals surface area (Å²) in [4.78, 5) is 38.8. The molecule has 4 rings (SSSR count). The molecule has 2 aliphatic rings. The van der Waals surface area contributed by atoms with Gasteiger partial charge < -0.3 is 15.2 Å². The highest BCUT2D eigenvalue weighted by Crippen LogP contribution is 2.47. The lowest BCUT2D eigenvalue weighted by Gasteiger charge is -2.55. The van der Waals surface area contributed by atoms with Gasteiger partial charge >= 0.3 is 5.97 Å². The van der Waals surface area contributed by atoms with E-state index in [0.29, 0.717) is 33.1 Å². The lowest BCUT2D eigenvalue weighted by atomic mass is 9.98. The number of aliphatic carboxylic acids is 1. The largest absolute Gasteiger partial charge is 0.477 e. The molecule has 2 atom stereocenters. The number of aromatic nitrogens is 7. The van der Waals surface area contributed by atoms with Crippen LogP contribution in [0.3, 0.4) is 0 Å². The van der Waals surface area contributed by atoms with Crippen molar-refractivity contribution in [2.45, 2.75) is 28.2 Å². The fourth-order valence-corrected chi connectivity index (χ4v) is 6.88. The van der Waals surface area contributed by atoms with Gasteiger partial charge in [-0.25, -0.2) is 9.48 Å². The number of carboxylic acids is 1. The Hall–Kier alpha value is -2.28. The molecule has 0 radical (unpaired) electrons. The van der Waals surface area contributed by atoms with Crippen LogP contribution in [-0.2, 0) is 25.0 Å². The first-order valence-electron chi connectivity index (χ1n) is 9.22. The minimum Gasteiger partial charge on any atom is -0.477 e. The van der Waals surface area contributed by atoms with Gasteiger partial charge in [-0.05, 0) is 28.1 Å². The van der Waals surface area contributed by atoms with Crippen molar-refractivity contribution in [2.24, 2.45) is 0 Å². The molecule has 0 saturated carbocycles. The van der Waals surface area contributed by atoms with Crippen molar-refractivity contribution in [2.75, 3.05) is 24.4 Å². The highest BCUT2D eigenvalue weighted by molar-refractivity contribution is 8.01. The maximum Gasteiger partial charge on any atom is 0.352 e. The summed E-state index contributed by atoms with van der Waals surface area (Å²) < 4.78 is 11.3. The van der Waals surface area contributed by atoms with Crippen LogP contribution in [0.2, 0.25) is 0 Å². The van der Waals surface area contributed by atoms with E-state index in [1.54, 1.807) is 11.6 Å². The molecule has 2 aromatic heterocycles. The van der Waals surface area contributed by atoms with Crippen LogP contribution in [0.25, 0.3) is 0 Å². The molecule has 4 heterocycles. The van der Waals surface area contributed by atoms with Gasteiger partial charge in [0.25, 0.3) is 11.6 Å². The van der Waals surface area contributed by atoms with Crippen LogP contribution in [0.15, 0.2) is 15.6 Å². The number of carboxylic acid groups (broad SMARTS) is 1. The minimum atomic E-state index is -1.63. The number of nitrogens with zero attached hydrogens (tertiary/aromatic N) is 8. The first-order valence-corrected chi connectivity index (χ1v) is 13.2. The quantitative estimate of drug-likeness (QED) is 0.226. The van der Waals surface area contributed by atoms with Crippen molar-refractivity contribution in [1.29, 1.82) is 0 Å². The Balaban J connectivity index is 1.43. The molecular weight excluding hydrogens is 514 g/mol. The monoisotopic (exact) mass is 531 g/mol. The van der Waals surface area contributed by atoms with Gasteiger partial charge in [0.15, 0.2) is 4.34 Å². The SMILES string of the molecule is COC1(NC(=O)CSCn2nnnc2C)C(=O)N2C(C(=O)O)=C(CSc3nnns3)CSC21. The normalized spacial score (nSPS) is 22.2. The molecule has 18 heteroatoms. The van der Waals surface area contributed by atoms with Gasteiger partial charge in [-0.3, -0.25) is 14.5 Å². The number of tetrazole rings is 1. The number of rotatable bonds is 10. The first-order chi connectivity index (χ1) is 15.9. The van der Waals surface area contributed by atoms with Crippen molar-refractivity contribution < 1.29 is 24.2 Å². The van der Waals surface area contributed by atoms with E-state index in [9.17, 15) is 19.5 Å². The maximum absolute atomic E-state index is 13.1. The molecule has 0 aromatic carbocycles. The molecular formula is C15H17N9O5S4. The molecule has 0 spiro atoms. The first kappa shape index (κ1) is 23.9. The second-order valence-corrected chi connectivity index (χ2v) is 10.7. The van der Waals surface area contributed by atoms with Crippen LogP contribution in [0.4, 0.5) is 0 Å². The number of hydrogen-bond donors (Lipinski definition) is 2. The van der Waals surface area contributed by atoms with Crippen molar-refractivity contribution in [3.63, 3.8) is 0 Å². The summed E-state index contributed by atoms with van der Waals surface area (Å²) in [6.45, 7) is 1.74. The fourth-order valence-electron chi connectivity index (χ4n) is 3.22. The standard InChI is InChI=1S/C15H17N9O5S4/c1-7-17-19-21-23(7)6-30-5-9(25)16-15(29-2)12(28)24-10(11(26)27)8(3-31-13(15)24)4-32-14-18-20-22-33-14/h13H,3-6H2,1-2H3,(H,16,25)(H,26,27). The van der Waals surface area contributed by atoms with Crippen molar-refractivity contribution in [1.82, 2.24) is 45.2 Å². The molecule has 0 bridgehead atoms. The summed E-state index contributed by atoms with van der Waals surface area (Å²) in [6, 6.07) is 0. The van der Waals surface area contributed by atoms with Crippen molar-refractivity contribution in [3.05, 3.63) is 17.1 Å². The van der Waals surface area contributed by atoms with Gasteiger partial charge in [-0.15, -0.1) is 33.7 Å². The Morgan fingerprint density at radius 3 is 2.82 bits per heavy atom. The number of hydrogen-bond acceptors (Lipinski definition) is 14. The number of carbonyl (C=O) groups is 3. The molecule has 0 aliphatic carbocycles. The van der Waals surface area contributed by atoms with Gasteiger partial charge in [-0.2, -0.15) is 0 Å². The van der Waals surface area contributed by atoms with Crippen LogP contribution >= 0.6 is 46.8 Å². The summed E-state index contributed by atoms with van der Waals surface area (Å²) in [7, 11) is 1.31. The Morgan fingerprint density at radius 2 is 2.18 bits per heavy atom. The molecule has 2 N–H and O–H groups in total. The van der Waals surface area contributed by atoms with Gasteiger partial charge in [-0.1, -0.05) is 16.3 Å². The summed E-state index contributed by atoms with van der Waals surface area (Å²) in [6.07, 6.45) is 0. The second-order valence-electron chi connectivity index (χ2n) is 6.70. The summed E-state index contributed by atoms with van der Waals surface area (Å²) in [5.74, 6) is -0.588. The average molecular weight is 532 g/mol. The Morgan fingerprint density at radius 1 is 1.36 bits per heavy atom. The lowest BCUT2D eigenvalue weighted by molar-refractivity contribution is -0.192. The van der Waals surface area contributed by atoms with Crippen molar-refractivity contribution >= 4 is 64.6 Å².